The van der Waals surface area contributed by atoms with Crippen LogP contribution in [0.1, 0.15) is 18.1 Å². The molecule has 100 valence electrons. The Balaban J connectivity index is 1.98. The number of carbonyl (C=O) groups excluding carboxylic acids is 1. The van der Waals surface area contributed by atoms with Crippen molar-refractivity contribution in [3.05, 3.63) is 41.6 Å². The van der Waals surface area contributed by atoms with Crippen LogP contribution in [0.4, 0.5) is 5.82 Å². The van der Waals surface area contributed by atoms with E-state index in [1.807, 2.05) is 38.1 Å². The van der Waals surface area contributed by atoms with Gasteiger partial charge < -0.3 is 10.1 Å². The molecule has 0 spiro atoms. The maximum atomic E-state index is 12.0. The first-order valence-corrected chi connectivity index (χ1v) is 6.10. The summed E-state index contributed by atoms with van der Waals surface area (Å²) in [6.45, 7) is 5.56. The number of benzene rings is 1. The lowest BCUT2D eigenvalue weighted by molar-refractivity contribution is -0.122. The van der Waals surface area contributed by atoms with Gasteiger partial charge in [-0.25, -0.2) is 0 Å². The fourth-order valence-electron chi connectivity index (χ4n) is 1.64. The van der Waals surface area contributed by atoms with Crippen LogP contribution in [0.5, 0.6) is 5.75 Å². The molecule has 0 aliphatic rings. The number of aromatic nitrogens is 2. The number of hydrogen-bond donors (Lipinski definition) is 2. The summed E-state index contributed by atoms with van der Waals surface area (Å²) in [5.74, 6) is 1.07. The van der Waals surface area contributed by atoms with Crippen LogP contribution in [-0.2, 0) is 4.79 Å². The molecule has 5 nitrogen and oxygen atoms in total. The molecule has 2 rings (SSSR count). The van der Waals surface area contributed by atoms with Crippen LogP contribution in [0, 0.1) is 13.8 Å². The number of hydrogen-bond acceptors (Lipinski definition) is 3. The zero-order valence-corrected chi connectivity index (χ0v) is 11.2. The van der Waals surface area contributed by atoms with E-state index < -0.39 is 6.10 Å². The fraction of sp³-hybridized carbons (Fsp3) is 0.286. The lowest BCUT2D eigenvalue weighted by Gasteiger charge is -2.14. The van der Waals surface area contributed by atoms with Crippen molar-refractivity contribution >= 4 is 11.7 Å². The highest BCUT2D eigenvalue weighted by Gasteiger charge is 2.16. The van der Waals surface area contributed by atoms with Crippen LogP contribution in [0.15, 0.2) is 30.5 Å². The summed E-state index contributed by atoms with van der Waals surface area (Å²) in [7, 11) is 0. The number of amides is 1. The Labute approximate surface area is 112 Å². The highest BCUT2D eigenvalue weighted by Crippen LogP contribution is 2.15. The molecule has 0 saturated heterocycles. The van der Waals surface area contributed by atoms with Gasteiger partial charge in [0.25, 0.3) is 5.91 Å². The van der Waals surface area contributed by atoms with Crippen LogP contribution in [0.2, 0.25) is 0 Å². The van der Waals surface area contributed by atoms with E-state index in [1.54, 1.807) is 13.1 Å². The minimum Gasteiger partial charge on any atom is -0.481 e. The molecule has 0 aliphatic heterocycles. The standard InChI is InChI=1S/C14H17N3O2/c1-9-5-4-6-12(7-9)19-11(3)14(18)16-13-10(2)8-15-17-13/h4-8,11H,1-3H3,(H2,15,16,17,18). The Morgan fingerprint density at radius 3 is 2.84 bits per heavy atom. The Hall–Kier alpha value is -2.30. The van der Waals surface area contributed by atoms with Crippen molar-refractivity contribution in [3.63, 3.8) is 0 Å². The van der Waals surface area contributed by atoms with Crippen molar-refractivity contribution in [3.8, 4) is 5.75 Å². The fourth-order valence-corrected chi connectivity index (χ4v) is 1.64. The van der Waals surface area contributed by atoms with Crippen molar-refractivity contribution in [1.29, 1.82) is 0 Å². The third-order valence-corrected chi connectivity index (χ3v) is 2.75. The van der Waals surface area contributed by atoms with E-state index in [9.17, 15) is 4.79 Å². The number of carbonyl (C=O) groups is 1. The van der Waals surface area contributed by atoms with E-state index in [2.05, 4.69) is 15.5 Å². The first-order valence-electron chi connectivity index (χ1n) is 6.10. The Morgan fingerprint density at radius 1 is 1.42 bits per heavy atom. The number of aromatic amines is 1. The molecular weight excluding hydrogens is 242 g/mol. The van der Waals surface area contributed by atoms with E-state index in [0.29, 0.717) is 11.6 Å². The van der Waals surface area contributed by atoms with Gasteiger partial charge in [0.2, 0.25) is 0 Å². The maximum Gasteiger partial charge on any atom is 0.266 e. The molecule has 0 bridgehead atoms. The third kappa shape index (κ3) is 3.34. The van der Waals surface area contributed by atoms with Gasteiger partial charge in [-0.3, -0.25) is 9.89 Å². The maximum absolute atomic E-state index is 12.0. The molecule has 1 unspecified atom stereocenters. The topological polar surface area (TPSA) is 67.0 Å². The lowest BCUT2D eigenvalue weighted by atomic mass is 10.2. The second-order valence-corrected chi connectivity index (χ2v) is 4.49. The third-order valence-electron chi connectivity index (χ3n) is 2.75. The van der Waals surface area contributed by atoms with Crippen molar-refractivity contribution in [2.75, 3.05) is 5.32 Å². The SMILES string of the molecule is Cc1cccc(OC(C)C(=O)Nc2[nH]ncc2C)c1. The number of aryl methyl sites for hydroxylation is 2. The average Bonchev–Trinajstić information content (AvgIpc) is 2.75. The van der Waals surface area contributed by atoms with E-state index in [-0.39, 0.29) is 5.91 Å². The zero-order valence-electron chi connectivity index (χ0n) is 11.2. The van der Waals surface area contributed by atoms with Gasteiger partial charge in [-0.2, -0.15) is 5.10 Å². The number of ether oxygens (including phenoxy) is 1. The summed E-state index contributed by atoms with van der Waals surface area (Å²) in [5, 5.41) is 9.32. The van der Waals surface area contributed by atoms with Crippen molar-refractivity contribution in [2.45, 2.75) is 26.9 Å². The average molecular weight is 259 g/mol. The molecule has 1 atom stereocenters. The summed E-state index contributed by atoms with van der Waals surface area (Å²) in [6, 6.07) is 7.60. The minimum atomic E-state index is -0.579. The van der Waals surface area contributed by atoms with Gasteiger partial charge in [-0.05, 0) is 38.5 Å². The monoisotopic (exact) mass is 259 g/mol. The molecule has 2 aromatic rings. The van der Waals surface area contributed by atoms with Crippen molar-refractivity contribution in [1.82, 2.24) is 10.2 Å². The Morgan fingerprint density at radius 2 is 2.21 bits per heavy atom. The number of anilines is 1. The Bertz CT molecular complexity index is 578. The Kier molecular flexibility index (Phi) is 3.85. The highest BCUT2D eigenvalue weighted by molar-refractivity contribution is 5.93. The van der Waals surface area contributed by atoms with Gasteiger partial charge in [0, 0.05) is 5.56 Å². The van der Waals surface area contributed by atoms with Crippen LogP contribution < -0.4 is 10.1 Å². The predicted octanol–water partition coefficient (Wildman–Crippen LogP) is 2.43. The first-order chi connectivity index (χ1) is 9.06. The predicted molar refractivity (Wildman–Crippen MR) is 73.2 cm³/mol. The highest BCUT2D eigenvalue weighted by atomic mass is 16.5. The van der Waals surface area contributed by atoms with E-state index in [0.717, 1.165) is 11.1 Å². The minimum absolute atomic E-state index is 0.214. The van der Waals surface area contributed by atoms with Gasteiger partial charge in [0.15, 0.2) is 6.10 Å². The second-order valence-electron chi connectivity index (χ2n) is 4.49. The van der Waals surface area contributed by atoms with Gasteiger partial charge in [0.1, 0.15) is 11.6 Å². The molecule has 1 heterocycles. The summed E-state index contributed by atoms with van der Waals surface area (Å²) < 4.78 is 5.60. The van der Waals surface area contributed by atoms with Crippen molar-refractivity contribution < 1.29 is 9.53 Å². The molecular formula is C14H17N3O2. The summed E-state index contributed by atoms with van der Waals surface area (Å²) in [4.78, 5) is 12.0. The number of rotatable bonds is 4. The molecule has 1 aromatic heterocycles. The second kappa shape index (κ2) is 5.56. The number of nitrogens with one attached hydrogen (secondary N) is 2. The van der Waals surface area contributed by atoms with Gasteiger partial charge >= 0.3 is 0 Å². The molecule has 0 saturated carbocycles. The normalized spacial score (nSPS) is 11.9. The molecule has 1 amide bonds. The first kappa shape index (κ1) is 13.1. The van der Waals surface area contributed by atoms with E-state index in [1.165, 1.54) is 0 Å². The summed E-state index contributed by atoms with van der Waals surface area (Å²) >= 11 is 0. The van der Waals surface area contributed by atoms with Gasteiger partial charge in [-0.1, -0.05) is 12.1 Å². The molecule has 1 aromatic carbocycles. The summed E-state index contributed by atoms with van der Waals surface area (Å²) in [6.07, 6.45) is 1.08. The molecule has 0 aliphatic carbocycles. The molecule has 0 radical (unpaired) electrons. The van der Waals surface area contributed by atoms with Crippen molar-refractivity contribution in [2.24, 2.45) is 0 Å². The van der Waals surface area contributed by atoms with Gasteiger partial charge in [-0.15, -0.1) is 0 Å². The van der Waals surface area contributed by atoms with Gasteiger partial charge in [0.05, 0.1) is 6.20 Å². The molecule has 5 heteroatoms. The van der Waals surface area contributed by atoms with Crippen LogP contribution in [0.25, 0.3) is 0 Å². The van der Waals surface area contributed by atoms with E-state index in [4.69, 9.17) is 4.74 Å². The largest absolute Gasteiger partial charge is 0.481 e. The molecule has 19 heavy (non-hydrogen) atoms. The van der Waals surface area contributed by atoms with Crippen LogP contribution in [0.3, 0.4) is 0 Å². The zero-order chi connectivity index (χ0) is 13.8. The number of H-pyrrole nitrogens is 1. The molecule has 2 N–H and O–H groups in total. The lowest BCUT2D eigenvalue weighted by Crippen LogP contribution is -2.30. The molecule has 0 fully saturated rings. The number of nitrogens with zero attached hydrogens (tertiary/aromatic N) is 1. The van der Waals surface area contributed by atoms with E-state index >= 15 is 0 Å². The smallest absolute Gasteiger partial charge is 0.266 e. The summed E-state index contributed by atoms with van der Waals surface area (Å²) in [5.41, 5.74) is 1.98. The van der Waals surface area contributed by atoms with Crippen LogP contribution in [-0.4, -0.2) is 22.2 Å². The quantitative estimate of drug-likeness (QED) is 0.886. The van der Waals surface area contributed by atoms with Crippen LogP contribution >= 0.6 is 0 Å².